The molecule has 0 amide bonds. The van der Waals surface area contributed by atoms with Crippen LogP contribution in [0.5, 0.6) is 0 Å². The highest BCUT2D eigenvalue weighted by atomic mass is 16.6. The quantitative estimate of drug-likeness (QED) is 0.325. The summed E-state index contributed by atoms with van der Waals surface area (Å²) in [5.74, 6) is -0.276. The molecule has 4 heteroatoms. The normalized spacial score (nSPS) is 8.00. The second-order valence-corrected chi connectivity index (χ2v) is 1.51. The molecule has 0 unspecified atom stereocenters. The molecule has 0 saturated carbocycles. The van der Waals surface area contributed by atoms with E-state index in [1.165, 1.54) is 6.26 Å². The lowest BCUT2D eigenvalue weighted by Crippen LogP contribution is -2.07. The minimum absolute atomic E-state index is 0.141. The summed E-state index contributed by atoms with van der Waals surface area (Å²) >= 11 is 0. The van der Waals surface area contributed by atoms with Crippen molar-refractivity contribution in [1.82, 2.24) is 0 Å². The fraction of sp³-hybridized carbons (Fsp3) is 0.667. The lowest BCUT2D eigenvalue weighted by molar-refractivity contribution is -0.144. The highest BCUT2D eigenvalue weighted by molar-refractivity contribution is 5.68. The van der Waals surface area contributed by atoms with E-state index in [4.69, 9.17) is 5.26 Å². The van der Waals surface area contributed by atoms with Gasteiger partial charge in [-0.1, -0.05) is 6.92 Å². The third-order valence-electron chi connectivity index (χ3n) is 0.802. The van der Waals surface area contributed by atoms with Crippen LogP contribution in [0.3, 0.4) is 0 Å². The van der Waals surface area contributed by atoms with Crippen LogP contribution in [0, 0.1) is 11.5 Å². The highest BCUT2D eigenvalue weighted by Gasteiger charge is 1.95. The lowest BCUT2D eigenvalue weighted by atomic mass is 10.5. The minimum atomic E-state index is -0.276. The number of ether oxygens (including phenoxy) is 2. The average molecular weight is 143 g/mol. The molecule has 0 spiro atoms. The van der Waals surface area contributed by atoms with Crippen molar-refractivity contribution in [2.75, 3.05) is 13.2 Å². The van der Waals surface area contributed by atoms with Gasteiger partial charge in [-0.25, -0.2) is 0 Å². The molecule has 4 nitrogen and oxygen atoms in total. The Bertz CT molecular complexity index is 138. The molecule has 0 aliphatic rings. The van der Waals surface area contributed by atoms with E-state index in [2.05, 4.69) is 9.47 Å². The van der Waals surface area contributed by atoms with E-state index in [9.17, 15) is 4.79 Å². The number of nitrogens with zero attached hydrogens (tertiary/aromatic N) is 1. The second-order valence-electron chi connectivity index (χ2n) is 1.51. The molecule has 0 aliphatic heterocycles. The summed E-state index contributed by atoms with van der Waals surface area (Å²) < 4.78 is 8.83. The van der Waals surface area contributed by atoms with E-state index in [-0.39, 0.29) is 19.2 Å². The van der Waals surface area contributed by atoms with Crippen molar-refractivity contribution >= 4 is 5.97 Å². The van der Waals surface area contributed by atoms with E-state index in [1.807, 2.05) is 0 Å². The summed E-state index contributed by atoms with van der Waals surface area (Å²) in [6, 6.07) is 0. The van der Waals surface area contributed by atoms with Crippen LogP contribution >= 0.6 is 0 Å². The largest absolute Gasteiger partial charge is 0.462 e. The van der Waals surface area contributed by atoms with Crippen LogP contribution in [-0.2, 0) is 14.3 Å². The number of carbonyl (C=O) groups excluding carboxylic acids is 1. The number of rotatable bonds is 4. The number of hydrogen-bond acceptors (Lipinski definition) is 4. The molecule has 0 aliphatic carbocycles. The van der Waals surface area contributed by atoms with E-state index in [1.54, 1.807) is 6.92 Å². The van der Waals surface area contributed by atoms with Crippen molar-refractivity contribution in [3.05, 3.63) is 0 Å². The Morgan fingerprint density at radius 1 is 1.60 bits per heavy atom. The first-order valence-electron chi connectivity index (χ1n) is 2.97. The smallest absolute Gasteiger partial charge is 0.305 e. The number of carbonyl (C=O) groups is 1. The third-order valence-corrected chi connectivity index (χ3v) is 0.802. The molecule has 0 aromatic carbocycles. The molecule has 0 fully saturated rings. The predicted molar refractivity (Wildman–Crippen MR) is 32.8 cm³/mol. The van der Waals surface area contributed by atoms with Gasteiger partial charge in [0.15, 0.2) is 0 Å². The fourth-order valence-corrected chi connectivity index (χ4v) is 0.345. The maximum atomic E-state index is 10.4. The Morgan fingerprint density at radius 2 is 2.30 bits per heavy atom. The van der Waals surface area contributed by atoms with Gasteiger partial charge in [-0.3, -0.25) is 4.79 Å². The Labute approximate surface area is 59.3 Å². The highest BCUT2D eigenvalue weighted by Crippen LogP contribution is 1.83. The second kappa shape index (κ2) is 5.89. The molecule has 0 aromatic heterocycles. The van der Waals surface area contributed by atoms with Crippen LogP contribution in [0.25, 0.3) is 0 Å². The zero-order chi connectivity index (χ0) is 7.82. The van der Waals surface area contributed by atoms with Gasteiger partial charge < -0.3 is 9.47 Å². The maximum absolute atomic E-state index is 10.4. The van der Waals surface area contributed by atoms with Crippen LogP contribution in [0.1, 0.15) is 13.3 Å². The average Bonchev–Trinajstić information content (AvgIpc) is 1.98. The zero-order valence-corrected chi connectivity index (χ0v) is 5.79. The third kappa shape index (κ3) is 4.91. The summed E-state index contributed by atoms with van der Waals surface area (Å²) in [5, 5.41) is 7.88. The summed E-state index contributed by atoms with van der Waals surface area (Å²) in [6.07, 6.45) is 1.82. The summed E-state index contributed by atoms with van der Waals surface area (Å²) in [5.41, 5.74) is 0. The molecule has 0 rings (SSSR count). The van der Waals surface area contributed by atoms with Crippen molar-refractivity contribution in [3.63, 3.8) is 0 Å². The number of nitriles is 1. The van der Waals surface area contributed by atoms with E-state index >= 15 is 0 Å². The van der Waals surface area contributed by atoms with Crippen molar-refractivity contribution in [2.45, 2.75) is 13.3 Å². The van der Waals surface area contributed by atoms with Crippen LogP contribution in [0.15, 0.2) is 0 Å². The Balaban J connectivity index is 3.05. The van der Waals surface area contributed by atoms with Crippen molar-refractivity contribution in [3.8, 4) is 6.26 Å². The van der Waals surface area contributed by atoms with Crippen molar-refractivity contribution in [2.24, 2.45) is 0 Å². The lowest BCUT2D eigenvalue weighted by Gasteiger charge is -1.99. The van der Waals surface area contributed by atoms with Crippen molar-refractivity contribution in [1.29, 1.82) is 5.26 Å². The molecule has 0 radical (unpaired) electrons. The van der Waals surface area contributed by atoms with E-state index in [0.29, 0.717) is 6.42 Å². The number of esters is 1. The first kappa shape index (κ1) is 8.76. The molecule has 0 atom stereocenters. The van der Waals surface area contributed by atoms with Gasteiger partial charge >= 0.3 is 5.97 Å². The topological polar surface area (TPSA) is 59.3 Å². The first-order chi connectivity index (χ1) is 4.81. The minimum Gasteiger partial charge on any atom is -0.462 e. The molecule has 0 bridgehead atoms. The van der Waals surface area contributed by atoms with Crippen LogP contribution in [0.4, 0.5) is 0 Å². The standard InChI is InChI=1S/C6H9NO3/c1-2-6(8)10-4-3-9-5-7/h2-4H2,1H3. The van der Waals surface area contributed by atoms with Crippen LogP contribution < -0.4 is 0 Å². The van der Waals surface area contributed by atoms with Gasteiger partial charge in [-0.05, 0) is 0 Å². The molecular formula is C6H9NO3. The van der Waals surface area contributed by atoms with Gasteiger partial charge in [0.2, 0.25) is 0 Å². The molecule has 0 heterocycles. The van der Waals surface area contributed by atoms with Crippen LogP contribution in [-0.4, -0.2) is 19.2 Å². The molecule has 10 heavy (non-hydrogen) atoms. The molecule has 56 valence electrons. The van der Waals surface area contributed by atoms with E-state index < -0.39 is 0 Å². The monoisotopic (exact) mass is 143 g/mol. The predicted octanol–water partition coefficient (Wildman–Crippen LogP) is 0.437. The fourth-order valence-electron chi connectivity index (χ4n) is 0.345. The van der Waals surface area contributed by atoms with Gasteiger partial charge in [-0.2, -0.15) is 5.26 Å². The van der Waals surface area contributed by atoms with Crippen molar-refractivity contribution < 1.29 is 14.3 Å². The Hall–Kier alpha value is -1.24. The maximum Gasteiger partial charge on any atom is 0.305 e. The summed E-state index contributed by atoms with van der Waals surface area (Å²) in [6.45, 7) is 2.00. The number of hydrogen-bond donors (Lipinski definition) is 0. The SMILES string of the molecule is CCC(=O)OCCOC#N. The Morgan fingerprint density at radius 3 is 2.80 bits per heavy atom. The zero-order valence-electron chi connectivity index (χ0n) is 5.79. The first-order valence-corrected chi connectivity index (χ1v) is 2.97. The van der Waals surface area contributed by atoms with Gasteiger partial charge in [0.25, 0.3) is 6.26 Å². The van der Waals surface area contributed by atoms with Gasteiger partial charge in [-0.15, -0.1) is 0 Å². The van der Waals surface area contributed by atoms with Gasteiger partial charge in [0.1, 0.15) is 13.2 Å². The molecule has 0 N–H and O–H groups in total. The molecule has 0 saturated heterocycles. The molecular weight excluding hydrogens is 134 g/mol. The van der Waals surface area contributed by atoms with E-state index in [0.717, 1.165) is 0 Å². The molecule has 0 aromatic rings. The summed E-state index contributed by atoms with van der Waals surface area (Å²) in [4.78, 5) is 10.4. The van der Waals surface area contributed by atoms with Gasteiger partial charge in [0, 0.05) is 6.42 Å². The Kier molecular flexibility index (Phi) is 5.16. The van der Waals surface area contributed by atoms with Gasteiger partial charge in [0.05, 0.1) is 0 Å². The summed E-state index contributed by atoms with van der Waals surface area (Å²) in [7, 11) is 0. The van der Waals surface area contributed by atoms with Crippen LogP contribution in [0.2, 0.25) is 0 Å².